The first kappa shape index (κ1) is 12.6. The Morgan fingerprint density at radius 1 is 1.59 bits per heavy atom. The van der Waals surface area contributed by atoms with Gasteiger partial charge in [0, 0.05) is 22.6 Å². The molecule has 1 aliphatic rings. The van der Waals surface area contributed by atoms with E-state index in [1.54, 1.807) is 0 Å². The molecular weight excluding hydrogens is 280 g/mol. The fraction of sp³-hybridized carbons (Fsp3) is 0.462. The van der Waals surface area contributed by atoms with E-state index in [2.05, 4.69) is 21.2 Å². The Balaban J connectivity index is 1.90. The van der Waals surface area contributed by atoms with E-state index in [1.165, 1.54) is 12.8 Å². The molecule has 1 fully saturated rings. The zero-order valence-electron chi connectivity index (χ0n) is 9.87. The van der Waals surface area contributed by atoms with E-state index in [9.17, 15) is 4.79 Å². The molecule has 0 saturated heterocycles. The SMILES string of the molecule is Cc1ccc(NC(=O)CC(N)C2CC2)cc1Br. The third kappa shape index (κ3) is 3.54. The van der Waals surface area contributed by atoms with Crippen LogP contribution in [0.5, 0.6) is 0 Å². The van der Waals surface area contributed by atoms with Gasteiger partial charge in [-0.25, -0.2) is 0 Å². The molecular formula is C13H17BrN2O. The Bertz CT molecular complexity index is 429. The van der Waals surface area contributed by atoms with Crippen LogP contribution >= 0.6 is 15.9 Å². The fourth-order valence-corrected chi connectivity index (χ4v) is 2.17. The van der Waals surface area contributed by atoms with Gasteiger partial charge in [-0.05, 0) is 43.4 Å². The van der Waals surface area contributed by atoms with Gasteiger partial charge >= 0.3 is 0 Å². The molecule has 1 aliphatic carbocycles. The first-order valence-electron chi connectivity index (χ1n) is 5.88. The van der Waals surface area contributed by atoms with E-state index < -0.39 is 0 Å². The van der Waals surface area contributed by atoms with Gasteiger partial charge in [-0.15, -0.1) is 0 Å². The lowest BCUT2D eigenvalue weighted by Gasteiger charge is -2.11. The lowest BCUT2D eigenvalue weighted by Crippen LogP contribution is -2.28. The average molecular weight is 297 g/mol. The monoisotopic (exact) mass is 296 g/mol. The van der Waals surface area contributed by atoms with Gasteiger partial charge in [0.25, 0.3) is 0 Å². The number of rotatable bonds is 4. The lowest BCUT2D eigenvalue weighted by atomic mass is 10.1. The molecule has 1 saturated carbocycles. The Labute approximate surface area is 110 Å². The molecule has 92 valence electrons. The van der Waals surface area contributed by atoms with Gasteiger partial charge in [-0.1, -0.05) is 22.0 Å². The number of amides is 1. The van der Waals surface area contributed by atoms with Gasteiger partial charge in [-0.3, -0.25) is 4.79 Å². The zero-order chi connectivity index (χ0) is 12.4. The minimum absolute atomic E-state index is 0.000142. The Morgan fingerprint density at radius 2 is 2.29 bits per heavy atom. The number of halogens is 1. The zero-order valence-corrected chi connectivity index (χ0v) is 11.5. The van der Waals surface area contributed by atoms with Gasteiger partial charge in [0.15, 0.2) is 0 Å². The van der Waals surface area contributed by atoms with Crippen molar-refractivity contribution in [2.45, 2.75) is 32.2 Å². The van der Waals surface area contributed by atoms with Gasteiger partial charge in [0.05, 0.1) is 0 Å². The Morgan fingerprint density at radius 3 is 2.88 bits per heavy atom. The van der Waals surface area contributed by atoms with Crippen molar-refractivity contribution in [3.8, 4) is 0 Å². The quantitative estimate of drug-likeness (QED) is 0.898. The summed E-state index contributed by atoms with van der Waals surface area (Å²) in [6, 6.07) is 5.81. The molecule has 1 unspecified atom stereocenters. The van der Waals surface area contributed by atoms with Crippen molar-refractivity contribution in [3.05, 3.63) is 28.2 Å². The largest absolute Gasteiger partial charge is 0.327 e. The van der Waals surface area contributed by atoms with E-state index >= 15 is 0 Å². The molecule has 3 nitrogen and oxygen atoms in total. The summed E-state index contributed by atoms with van der Waals surface area (Å²) in [6.07, 6.45) is 2.76. The van der Waals surface area contributed by atoms with Gasteiger partial charge in [-0.2, -0.15) is 0 Å². The van der Waals surface area contributed by atoms with E-state index in [4.69, 9.17) is 5.73 Å². The molecule has 0 radical (unpaired) electrons. The molecule has 3 N–H and O–H groups in total. The van der Waals surface area contributed by atoms with Gasteiger partial charge in [0.1, 0.15) is 0 Å². The standard InChI is InChI=1S/C13H17BrN2O/c1-8-2-5-10(6-11(8)14)16-13(17)7-12(15)9-3-4-9/h2,5-6,9,12H,3-4,7,15H2,1H3,(H,16,17). The number of carbonyl (C=O) groups excluding carboxylic acids is 1. The minimum Gasteiger partial charge on any atom is -0.327 e. The predicted molar refractivity (Wildman–Crippen MR) is 72.8 cm³/mol. The first-order valence-corrected chi connectivity index (χ1v) is 6.67. The van der Waals surface area contributed by atoms with Crippen molar-refractivity contribution in [1.82, 2.24) is 0 Å². The van der Waals surface area contributed by atoms with Crippen LogP contribution in [0.3, 0.4) is 0 Å². The van der Waals surface area contributed by atoms with Crippen LogP contribution in [-0.2, 0) is 4.79 Å². The number of hydrogen-bond acceptors (Lipinski definition) is 2. The summed E-state index contributed by atoms with van der Waals surface area (Å²) < 4.78 is 1.00. The molecule has 0 spiro atoms. The number of hydrogen-bond donors (Lipinski definition) is 2. The van der Waals surface area contributed by atoms with E-state index in [0.717, 1.165) is 15.7 Å². The highest BCUT2D eigenvalue weighted by Gasteiger charge is 2.29. The second-order valence-corrected chi connectivity index (χ2v) is 5.57. The molecule has 0 heterocycles. The molecule has 0 aliphatic heterocycles. The number of nitrogens with one attached hydrogen (secondary N) is 1. The second-order valence-electron chi connectivity index (χ2n) is 4.72. The molecule has 0 aromatic heterocycles. The summed E-state index contributed by atoms with van der Waals surface area (Å²) in [5.41, 5.74) is 7.88. The van der Waals surface area contributed by atoms with Crippen molar-refractivity contribution in [3.63, 3.8) is 0 Å². The smallest absolute Gasteiger partial charge is 0.225 e. The third-order valence-electron chi connectivity index (χ3n) is 3.10. The summed E-state index contributed by atoms with van der Waals surface area (Å²) in [7, 11) is 0. The van der Waals surface area contributed by atoms with Gasteiger partial charge < -0.3 is 11.1 Å². The highest BCUT2D eigenvalue weighted by Crippen LogP contribution is 2.32. The summed E-state index contributed by atoms with van der Waals surface area (Å²) >= 11 is 3.44. The van der Waals surface area contributed by atoms with Crippen LogP contribution in [0.15, 0.2) is 22.7 Å². The molecule has 1 amide bonds. The summed E-state index contributed by atoms with van der Waals surface area (Å²) in [5, 5.41) is 2.87. The average Bonchev–Trinajstić information content (AvgIpc) is 3.06. The van der Waals surface area contributed by atoms with Crippen LogP contribution in [0.1, 0.15) is 24.8 Å². The van der Waals surface area contributed by atoms with Crippen LogP contribution < -0.4 is 11.1 Å². The predicted octanol–water partition coefficient (Wildman–Crippen LogP) is 2.82. The van der Waals surface area contributed by atoms with Crippen molar-refractivity contribution in [1.29, 1.82) is 0 Å². The van der Waals surface area contributed by atoms with Crippen molar-refractivity contribution in [2.24, 2.45) is 11.7 Å². The van der Waals surface area contributed by atoms with Crippen LogP contribution in [0.25, 0.3) is 0 Å². The molecule has 4 heteroatoms. The van der Waals surface area contributed by atoms with E-state index in [1.807, 2.05) is 25.1 Å². The van der Waals surface area contributed by atoms with Crippen molar-refractivity contribution in [2.75, 3.05) is 5.32 Å². The third-order valence-corrected chi connectivity index (χ3v) is 3.96. The molecule has 1 aromatic carbocycles. The number of anilines is 1. The van der Waals surface area contributed by atoms with Crippen LogP contribution in [0, 0.1) is 12.8 Å². The van der Waals surface area contributed by atoms with Crippen molar-refractivity contribution >= 4 is 27.5 Å². The normalized spacial score (nSPS) is 16.6. The fourth-order valence-electron chi connectivity index (χ4n) is 1.79. The summed E-state index contributed by atoms with van der Waals surface area (Å²) in [6.45, 7) is 2.01. The lowest BCUT2D eigenvalue weighted by molar-refractivity contribution is -0.116. The first-order chi connectivity index (χ1) is 8.06. The highest BCUT2D eigenvalue weighted by molar-refractivity contribution is 9.10. The highest BCUT2D eigenvalue weighted by atomic mass is 79.9. The van der Waals surface area contributed by atoms with E-state index in [0.29, 0.717) is 12.3 Å². The van der Waals surface area contributed by atoms with Crippen molar-refractivity contribution < 1.29 is 4.79 Å². The van der Waals surface area contributed by atoms with Crippen LogP contribution in [0.4, 0.5) is 5.69 Å². The molecule has 0 bridgehead atoms. The summed E-state index contributed by atoms with van der Waals surface area (Å²) in [5.74, 6) is 0.561. The Hall–Kier alpha value is -0.870. The van der Waals surface area contributed by atoms with E-state index in [-0.39, 0.29) is 11.9 Å². The maximum atomic E-state index is 11.7. The number of carbonyl (C=O) groups is 1. The summed E-state index contributed by atoms with van der Waals surface area (Å²) in [4.78, 5) is 11.7. The maximum absolute atomic E-state index is 11.7. The number of benzene rings is 1. The molecule has 1 atom stereocenters. The second kappa shape index (κ2) is 5.19. The number of nitrogens with two attached hydrogens (primary N) is 1. The van der Waals surface area contributed by atoms with Gasteiger partial charge in [0.2, 0.25) is 5.91 Å². The molecule has 1 aromatic rings. The molecule has 17 heavy (non-hydrogen) atoms. The molecule has 2 rings (SSSR count). The number of aryl methyl sites for hydroxylation is 1. The minimum atomic E-state index is 0.000142. The maximum Gasteiger partial charge on any atom is 0.225 e. The topological polar surface area (TPSA) is 55.1 Å². The Kier molecular flexibility index (Phi) is 3.84. The van der Waals surface area contributed by atoms with Crippen LogP contribution in [0.2, 0.25) is 0 Å². The van der Waals surface area contributed by atoms with Crippen LogP contribution in [-0.4, -0.2) is 11.9 Å².